The van der Waals surface area contributed by atoms with Gasteiger partial charge in [-0.2, -0.15) is 0 Å². The third-order valence-corrected chi connectivity index (χ3v) is 4.45. The van der Waals surface area contributed by atoms with E-state index in [0.717, 1.165) is 6.26 Å². The number of carboxylic acids is 1. The monoisotopic (exact) mass is 341 g/mol. The Hall–Kier alpha value is -1.89. The second kappa shape index (κ2) is 7.59. The highest BCUT2D eigenvalue weighted by Gasteiger charge is 2.21. The lowest BCUT2D eigenvalue weighted by Gasteiger charge is -2.25. The molecule has 0 spiro atoms. The molecular weight excluding hydrogens is 318 g/mol. The Morgan fingerprint density at radius 2 is 1.87 bits per heavy atom. The van der Waals surface area contributed by atoms with E-state index in [-0.39, 0.29) is 29.7 Å². The molecule has 0 saturated heterocycles. The van der Waals surface area contributed by atoms with E-state index in [1.54, 1.807) is 13.0 Å². The third kappa shape index (κ3) is 5.67. The maximum atomic E-state index is 12.7. The SMILES string of the molecule is Cc1ccc(S(C)(=O)=O)cc1C(=O)N(CCC(=O)O)CC(C)C. The number of benzene rings is 1. The van der Waals surface area contributed by atoms with Crippen molar-refractivity contribution < 1.29 is 23.1 Å². The molecule has 1 aromatic rings. The van der Waals surface area contributed by atoms with Crippen molar-refractivity contribution in [3.05, 3.63) is 29.3 Å². The molecule has 1 N–H and O–H groups in total. The molecule has 1 aromatic carbocycles. The third-order valence-electron chi connectivity index (χ3n) is 3.34. The molecule has 0 radical (unpaired) electrons. The van der Waals surface area contributed by atoms with E-state index in [1.165, 1.54) is 17.0 Å². The molecule has 0 saturated carbocycles. The van der Waals surface area contributed by atoms with Gasteiger partial charge in [0, 0.05) is 24.9 Å². The van der Waals surface area contributed by atoms with Crippen molar-refractivity contribution in [2.45, 2.75) is 32.1 Å². The van der Waals surface area contributed by atoms with Crippen LogP contribution in [0.15, 0.2) is 23.1 Å². The van der Waals surface area contributed by atoms with Crippen LogP contribution in [0, 0.1) is 12.8 Å². The zero-order valence-electron chi connectivity index (χ0n) is 13.9. The van der Waals surface area contributed by atoms with Crippen molar-refractivity contribution >= 4 is 21.7 Å². The number of hydrogen-bond donors (Lipinski definition) is 1. The van der Waals surface area contributed by atoms with Crippen molar-refractivity contribution in [3.63, 3.8) is 0 Å². The Balaban J connectivity index is 3.18. The first-order chi connectivity index (χ1) is 10.5. The van der Waals surface area contributed by atoms with Gasteiger partial charge in [0.15, 0.2) is 9.84 Å². The lowest BCUT2D eigenvalue weighted by molar-refractivity contribution is -0.137. The fourth-order valence-corrected chi connectivity index (χ4v) is 2.83. The topological polar surface area (TPSA) is 91.8 Å². The van der Waals surface area contributed by atoms with Gasteiger partial charge in [-0.3, -0.25) is 9.59 Å². The number of sulfone groups is 1. The zero-order chi connectivity index (χ0) is 17.8. The van der Waals surface area contributed by atoms with E-state index in [2.05, 4.69) is 0 Å². The van der Waals surface area contributed by atoms with Crippen LogP contribution in [0.1, 0.15) is 36.2 Å². The molecule has 0 aliphatic rings. The number of carboxylic acid groups (broad SMARTS) is 1. The summed E-state index contributed by atoms with van der Waals surface area (Å²) in [5.41, 5.74) is 0.949. The summed E-state index contributed by atoms with van der Waals surface area (Å²) < 4.78 is 23.4. The molecule has 0 unspecified atom stereocenters. The van der Waals surface area contributed by atoms with E-state index in [9.17, 15) is 18.0 Å². The summed E-state index contributed by atoms with van der Waals surface area (Å²) in [7, 11) is -3.41. The molecule has 0 aliphatic heterocycles. The quantitative estimate of drug-likeness (QED) is 0.818. The van der Waals surface area contributed by atoms with E-state index in [4.69, 9.17) is 5.11 Å². The van der Waals surface area contributed by atoms with Gasteiger partial charge in [0.2, 0.25) is 0 Å². The van der Waals surface area contributed by atoms with Gasteiger partial charge in [-0.1, -0.05) is 19.9 Å². The molecule has 6 nitrogen and oxygen atoms in total. The summed E-state index contributed by atoms with van der Waals surface area (Å²) in [6.45, 7) is 6.09. The summed E-state index contributed by atoms with van der Waals surface area (Å²) in [6, 6.07) is 4.42. The van der Waals surface area contributed by atoms with E-state index in [1.807, 2.05) is 13.8 Å². The van der Waals surface area contributed by atoms with Crippen LogP contribution in [0.3, 0.4) is 0 Å². The molecule has 0 heterocycles. The smallest absolute Gasteiger partial charge is 0.305 e. The number of rotatable bonds is 7. The van der Waals surface area contributed by atoms with Crippen molar-refractivity contribution in [2.24, 2.45) is 5.92 Å². The number of aliphatic carboxylic acids is 1. The number of hydrogen-bond acceptors (Lipinski definition) is 4. The van der Waals surface area contributed by atoms with Crippen molar-refractivity contribution in [1.82, 2.24) is 4.90 Å². The van der Waals surface area contributed by atoms with Gasteiger partial charge in [-0.15, -0.1) is 0 Å². The average Bonchev–Trinajstić information content (AvgIpc) is 2.41. The molecule has 23 heavy (non-hydrogen) atoms. The summed E-state index contributed by atoms with van der Waals surface area (Å²) in [5.74, 6) is -1.15. The summed E-state index contributed by atoms with van der Waals surface area (Å²) in [5, 5.41) is 8.84. The fourth-order valence-electron chi connectivity index (χ4n) is 2.18. The molecule has 0 fully saturated rings. The number of nitrogens with zero attached hydrogens (tertiary/aromatic N) is 1. The Morgan fingerprint density at radius 1 is 1.26 bits per heavy atom. The first-order valence-electron chi connectivity index (χ1n) is 7.34. The van der Waals surface area contributed by atoms with Gasteiger partial charge in [-0.25, -0.2) is 8.42 Å². The van der Waals surface area contributed by atoms with Crippen LogP contribution in [-0.2, 0) is 14.6 Å². The van der Waals surface area contributed by atoms with Crippen LogP contribution < -0.4 is 0 Å². The summed E-state index contributed by atoms with van der Waals surface area (Å²) >= 11 is 0. The van der Waals surface area contributed by atoms with Gasteiger partial charge in [0.1, 0.15) is 0 Å². The molecule has 128 valence electrons. The van der Waals surface area contributed by atoms with Crippen molar-refractivity contribution in [2.75, 3.05) is 19.3 Å². The number of carbonyl (C=O) groups is 2. The minimum Gasteiger partial charge on any atom is -0.481 e. The van der Waals surface area contributed by atoms with Gasteiger partial charge in [0.25, 0.3) is 5.91 Å². The molecule has 0 atom stereocenters. The van der Waals surface area contributed by atoms with Crippen molar-refractivity contribution in [1.29, 1.82) is 0 Å². The standard InChI is InChI=1S/C16H23NO5S/c1-11(2)10-17(8-7-15(18)19)16(20)14-9-13(23(4,21)22)6-5-12(14)3/h5-6,9,11H,7-8,10H2,1-4H3,(H,18,19). The van der Waals surface area contributed by atoms with Gasteiger partial charge < -0.3 is 10.0 Å². The lowest BCUT2D eigenvalue weighted by atomic mass is 10.1. The van der Waals surface area contributed by atoms with Crippen molar-refractivity contribution in [3.8, 4) is 0 Å². The number of aryl methyl sites for hydroxylation is 1. The van der Waals surface area contributed by atoms with Crippen LogP contribution in [0.25, 0.3) is 0 Å². The minimum absolute atomic E-state index is 0.0779. The van der Waals surface area contributed by atoms with Gasteiger partial charge in [0.05, 0.1) is 11.3 Å². The average molecular weight is 341 g/mol. The minimum atomic E-state index is -3.41. The van der Waals surface area contributed by atoms with Crippen LogP contribution in [0.4, 0.5) is 0 Å². The number of carbonyl (C=O) groups excluding carboxylic acids is 1. The Labute approximate surface area is 137 Å². The van der Waals surface area contributed by atoms with Crippen LogP contribution in [-0.4, -0.2) is 49.6 Å². The molecular formula is C16H23NO5S. The van der Waals surface area contributed by atoms with E-state index in [0.29, 0.717) is 17.7 Å². The highest BCUT2D eigenvalue weighted by Crippen LogP contribution is 2.18. The first-order valence-corrected chi connectivity index (χ1v) is 9.23. The molecule has 7 heteroatoms. The Kier molecular flexibility index (Phi) is 6.32. The summed E-state index contributed by atoms with van der Waals surface area (Å²) in [6.07, 6.45) is 0.936. The largest absolute Gasteiger partial charge is 0.481 e. The predicted molar refractivity (Wildman–Crippen MR) is 87.3 cm³/mol. The Morgan fingerprint density at radius 3 is 2.35 bits per heavy atom. The van der Waals surface area contributed by atoms with Gasteiger partial charge in [-0.05, 0) is 30.5 Å². The van der Waals surface area contributed by atoms with Crippen LogP contribution in [0.2, 0.25) is 0 Å². The molecule has 1 rings (SSSR count). The molecule has 0 bridgehead atoms. The summed E-state index contributed by atoms with van der Waals surface area (Å²) in [4.78, 5) is 25.1. The van der Waals surface area contributed by atoms with E-state index >= 15 is 0 Å². The second-order valence-electron chi connectivity index (χ2n) is 6.04. The van der Waals surface area contributed by atoms with Crippen LogP contribution in [0.5, 0.6) is 0 Å². The molecule has 0 aliphatic carbocycles. The number of amides is 1. The maximum absolute atomic E-state index is 12.7. The lowest BCUT2D eigenvalue weighted by Crippen LogP contribution is -2.36. The predicted octanol–water partition coefficient (Wildman–Crippen LogP) is 1.97. The van der Waals surface area contributed by atoms with Gasteiger partial charge >= 0.3 is 5.97 Å². The highest BCUT2D eigenvalue weighted by molar-refractivity contribution is 7.90. The van der Waals surface area contributed by atoms with E-state index < -0.39 is 15.8 Å². The molecule has 0 aromatic heterocycles. The zero-order valence-corrected chi connectivity index (χ0v) is 14.7. The maximum Gasteiger partial charge on any atom is 0.305 e. The fraction of sp³-hybridized carbons (Fsp3) is 0.500. The van der Waals surface area contributed by atoms with Crippen LogP contribution >= 0.6 is 0 Å². The second-order valence-corrected chi connectivity index (χ2v) is 8.05. The normalized spacial score (nSPS) is 11.5. The first kappa shape index (κ1) is 19.2. The Bertz CT molecular complexity index is 694. The highest BCUT2D eigenvalue weighted by atomic mass is 32.2. The molecule has 1 amide bonds.